The van der Waals surface area contributed by atoms with Crippen LogP contribution in [0.25, 0.3) is 0 Å². The molecule has 0 spiro atoms. The number of amides is 2. The minimum atomic E-state index is -1.25. The van der Waals surface area contributed by atoms with Gasteiger partial charge in [-0.1, -0.05) is 24.3 Å². The van der Waals surface area contributed by atoms with Gasteiger partial charge >= 0.3 is 0 Å². The number of hydrogen-bond acceptors (Lipinski definition) is 4. The molecule has 2 aromatic carbocycles. The van der Waals surface area contributed by atoms with E-state index >= 15 is 0 Å². The molecule has 0 unspecified atom stereocenters. The number of para-hydroxylation sites is 4. The van der Waals surface area contributed by atoms with Crippen LogP contribution >= 0.6 is 0 Å². The lowest BCUT2D eigenvalue weighted by molar-refractivity contribution is -0.133. The normalized spacial score (nSPS) is 15.9. The van der Waals surface area contributed by atoms with Gasteiger partial charge in [-0.25, -0.2) is 0 Å². The van der Waals surface area contributed by atoms with Crippen LogP contribution < -0.4 is 20.1 Å². The van der Waals surface area contributed by atoms with Crippen molar-refractivity contribution in [2.75, 3.05) is 17.2 Å². The second-order valence-electron chi connectivity index (χ2n) is 4.90. The number of anilines is 2. The zero-order valence-electron chi connectivity index (χ0n) is 12.5. The molecule has 2 amide bonds. The van der Waals surface area contributed by atoms with Gasteiger partial charge in [-0.15, -0.1) is 0 Å². The Kier molecular flexibility index (Phi) is 4.14. The number of ether oxygens (including phenoxy) is 2. The Morgan fingerprint density at radius 1 is 1.22 bits per heavy atom. The first kappa shape index (κ1) is 14.9. The first-order chi connectivity index (χ1) is 11.2. The molecule has 0 aromatic heterocycles. The molecule has 23 heavy (non-hydrogen) atoms. The number of benzene rings is 2. The van der Waals surface area contributed by atoms with Gasteiger partial charge in [0.2, 0.25) is 0 Å². The Morgan fingerprint density at radius 2 is 1.96 bits per heavy atom. The zero-order valence-corrected chi connectivity index (χ0v) is 12.5. The van der Waals surface area contributed by atoms with Crippen molar-refractivity contribution in [3.8, 4) is 11.5 Å². The SMILES string of the molecule is CCOc1ccccc1NC(=O)[C@@H]1Oc2ccccc2NC1=O. The summed E-state index contributed by atoms with van der Waals surface area (Å²) in [4.78, 5) is 24.5. The zero-order chi connectivity index (χ0) is 16.2. The lowest BCUT2D eigenvalue weighted by atomic mass is 10.2. The summed E-state index contributed by atoms with van der Waals surface area (Å²) in [5, 5.41) is 5.34. The van der Waals surface area contributed by atoms with Crippen molar-refractivity contribution in [2.24, 2.45) is 0 Å². The van der Waals surface area contributed by atoms with E-state index in [2.05, 4.69) is 10.6 Å². The van der Waals surface area contributed by atoms with Gasteiger partial charge in [0.15, 0.2) is 0 Å². The van der Waals surface area contributed by atoms with E-state index in [9.17, 15) is 9.59 Å². The first-order valence-corrected chi connectivity index (χ1v) is 7.28. The first-order valence-electron chi connectivity index (χ1n) is 7.28. The predicted octanol–water partition coefficient (Wildman–Crippen LogP) is 2.42. The average molecular weight is 312 g/mol. The molecule has 0 saturated heterocycles. The Morgan fingerprint density at radius 3 is 2.78 bits per heavy atom. The van der Waals surface area contributed by atoms with Gasteiger partial charge in [0, 0.05) is 0 Å². The van der Waals surface area contributed by atoms with Crippen molar-refractivity contribution in [1.82, 2.24) is 0 Å². The summed E-state index contributed by atoms with van der Waals surface area (Å²) in [5.41, 5.74) is 1.05. The van der Waals surface area contributed by atoms with Crippen LogP contribution in [0.15, 0.2) is 48.5 Å². The molecule has 6 nitrogen and oxygen atoms in total. The third-order valence-electron chi connectivity index (χ3n) is 3.31. The molecule has 0 aliphatic carbocycles. The second kappa shape index (κ2) is 6.39. The summed E-state index contributed by atoms with van der Waals surface area (Å²) >= 11 is 0. The molecule has 1 aliphatic heterocycles. The van der Waals surface area contributed by atoms with Gasteiger partial charge in [0.05, 0.1) is 18.0 Å². The fourth-order valence-corrected chi connectivity index (χ4v) is 2.27. The Labute approximate surface area is 133 Å². The summed E-state index contributed by atoms with van der Waals surface area (Å²) in [7, 11) is 0. The Balaban J connectivity index is 1.78. The Bertz CT molecular complexity index is 745. The van der Waals surface area contributed by atoms with E-state index in [-0.39, 0.29) is 0 Å². The number of fused-ring (bicyclic) bond motifs is 1. The van der Waals surface area contributed by atoms with Crippen LogP contribution in [0.3, 0.4) is 0 Å². The number of carbonyl (C=O) groups excluding carboxylic acids is 2. The topological polar surface area (TPSA) is 76.7 Å². The van der Waals surface area contributed by atoms with Crippen LogP contribution in [0.5, 0.6) is 11.5 Å². The van der Waals surface area contributed by atoms with Gasteiger partial charge in [-0.2, -0.15) is 0 Å². The van der Waals surface area contributed by atoms with Gasteiger partial charge in [-0.3, -0.25) is 9.59 Å². The highest BCUT2D eigenvalue weighted by atomic mass is 16.5. The second-order valence-corrected chi connectivity index (χ2v) is 4.90. The average Bonchev–Trinajstić information content (AvgIpc) is 2.56. The number of carbonyl (C=O) groups is 2. The van der Waals surface area contributed by atoms with E-state index in [0.29, 0.717) is 29.5 Å². The summed E-state index contributed by atoms with van der Waals surface area (Å²) in [6.07, 6.45) is -1.25. The van der Waals surface area contributed by atoms with E-state index in [4.69, 9.17) is 9.47 Å². The van der Waals surface area contributed by atoms with Crippen LogP contribution in [0.2, 0.25) is 0 Å². The van der Waals surface area contributed by atoms with Crippen molar-refractivity contribution in [3.63, 3.8) is 0 Å². The number of rotatable bonds is 4. The summed E-state index contributed by atoms with van der Waals surface area (Å²) in [5.74, 6) is -0.0513. The third kappa shape index (κ3) is 3.11. The van der Waals surface area contributed by atoms with Crippen molar-refractivity contribution in [1.29, 1.82) is 0 Å². The summed E-state index contributed by atoms with van der Waals surface area (Å²) < 4.78 is 11.0. The fourth-order valence-electron chi connectivity index (χ4n) is 2.27. The van der Waals surface area contributed by atoms with E-state index in [1.165, 1.54) is 0 Å². The highest BCUT2D eigenvalue weighted by Gasteiger charge is 2.34. The van der Waals surface area contributed by atoms with Crippen LogP contribution in [-0.2, 0) is 9.59 Å². The molecule has 0 fully saturated rings. The van der Waals surface area contributed by atoms with Crippen molar-refractivity contribution < 1.29 is 19.1 Å². The number of hydrogen-bond donors (Lipinski definition) is 2. The van der Waals surface area contributed by atoms with Crippen molar-refractivity contribution in [3.05, 3.63) is 48.5 Å². The smallest absolute Gasteiger partial charge is 0.275 e. The largest absolute Gasteiger partial charge is 0.492 e. The van der Waals surface area contributed by atoms with E-state index in [0.717, 1.165) is 0 Å². The maximum atomic E-state index is 12.4. The van der Waals surface area contributed by atoms with E-state index < -0.39 is 17.9 Å². The van der Waals surface area contributed by atoms with Gasteiger partial charge in [0.25, 0.3) is 17.9 Å². The molecule has 2 N–H and O–H groups in total. The van der Waals surface area contributed by atoms with Crippen LogP contribution in [0, 0.1) is 0 Å². The molecule has 6 heteroatoms. The minimum Gasteiger partial charge on any atom is -0.492 e. The van der Waals surface area contributed by atoms with Crippen LogP contribution in [-0.4, -0.2) is 24.5 Å². The molecule has 0 saturated carbocycles. The molecule has 118 valence electrons. The lowest BCUT2D eigenvalue weighted by Gasteiger charge is -2.25. The maximum Gasteiger partial charge on any atom is 0.275 e. The van der Waals surface area contributed by atoms with Gasteiger partial charge in [-0.05, 0) is 31.2 Å². The minimum absolute atomic E-state index is 0.463. The fraction of sp³-hybridized carbons (Fsp3) is 0.176. The van der Waals surface area contributed by atoms with Crippen molar-refractivity contribution >= 4 is 23.2 Å². The monoisotopic (exact) mass is 312 g/mol. The lowest BCUT2D eigenvalue weighted by Crippen LogP contribution is -2.45. The number of nitrogens with one attached hydrogen (secondary N) is 2. The predicted molar refractivity (Wildman–Crippen MR) is 85.7 cm³/mol. The summed E-state index contributed by atoms with van der Waals surface area (Å²) in [6.45, 7) is 2.33. The summed E-state index contributed by atoms with van der Waals surface area (Å²) in [6, 6.07) is 14.0. The molecule has 3 rings (SSSR count). The van der Waals surface area contributed by atoms with E-state index in [1.807, 2.05) is 6.92 Å². The van der Waals surface area contributed by atoms with Crippen molar-refractivity contribution in [2.45, 2.75) is 13.0 Å². The highest BCUT2D eigenvalue weighted by molar-refractivity contribution is 6.15. The molecule has 0 bridgehead atoms. The van der Waals surface area contributed by atoms with E-state index in [1.54, 1.807) is 48.5 Å². The standard InChI is InChI=1S/C17H16N2O4/c1-2-22-13-9-5-3-7-11(13)18-16(20)15-17(21)19-12-8-4-6-10-14(12)23-15/h3-10,15H,2H2,1H3,(H,18,20)(H,19,21)/t15-/m0/s1. The molecular formula is C17H16N2O4. The molecule has 0 radical (unpaired) electrons. The highest BCUT2D eigenvalue weighted by Crippen LogP contribution is 2.30. The maximum absolute atomic E-state index is 12.4. The molecule has 1 atom stereocenters. The Hall–Kier alpha value is -3.02. The molecule has 1 heterocycles. The van der Waals surface area contributed by atoms with Gasteiger partial charge < -0.3 is 20.1 Å². The van der Waals surface area contributed by atoms with Crippen LogP contribution in [0.4, 0.5) is 11.4 Å². The molecular weight excluding hydrogens is 296 g/mol. The van der Waals surface area contributed by atoms with Crippen LogP contribution in [0.1, 0.15) is 6.92 Å². The third-order valence-corrected chi connectivity index (χ3v) is 3.31. The molecule has 2 aromatic rings. The van der Waals surface area contributed by atoms with Gasteiger partial charge in [0.1, 0.15) is 11.5 Å². The quantitative estimate of drug-likeness (QED) is 0.850. The molecule has 1 aliphatic rings.